The molecular weight excluding hydrogens is 258 g/mol. The maximum Gasteiger partial charge on any atom is 0.0664 e. The second-order valence-electron chi connectivity index (χ2n) is 5.87. The zero-order valence-electron chi connectivity index (χ0n) is 13.9. The van der Waals surface area contributed by atoms with Crippen LogP contribution < -0.4 is 5.32 Å². The van der Waals surface area contributed by atoms with Gasteiger partial charge in [0.25, 0.3) is 0 Å². The second kappa shape index (κ2) is 6.90. The number of nitrogens with zero attached hydrogens (tertiary/aromatic N) is 2. The van der Waals surface area contributed by atoms with Crippen molar-refractivity contribution in [2.24, 2.45) is 0 Å². The third-order valence-corrected chi connectivity index (χ3v) is 4.07. The molecule has 1 atom stereocenters. The molecule has 2 aromatic rings. The summed E-state index contributed by atoms with van der Waals surface area (Å²) in [5, 5.41) is 8.05. The van der Waals surface area contributed by atoms with Crippen molar-refractivity contribution in [1.82, 2.24) is 15.1 Å². The number of aryl methyl sites for hydroxylation is 3. The molecule has 0 aliphatic carbocycles. The highest BCUT2D eigenvalue weighted by Crippen LogP contribution is 2.19. The summed E-state index contributed by atoms with van der Waals surface area (Å²) in [4.78, 5) is 0. The van der Waals surface area contributed by atoms with Crippen LogP contribution in [-0.4, -0.2) is 16.3 Å². The fourth-order valence-corrected chi connectivity index (χ4v) is 3.01. The van der Waals surface area contributed by atoms with Crippen LogP contribution in [0.15, 0.2) is 24.5 Å². The summed E-state index contributed by atoms with van der Waals surface area (Å²) in [7, 11) is 0. The molecule has 0 fully saturated rings. The Hall–Kier alpha value is -1.61. The Morgan fingerprint density at radius 2 is 1.81 bits per heavy atom. The lowest BCUT2D eigenvalue weighted by molar-refractivity contribution is 0.536. The lowest BCUT2D eigenvalue weighted by Gasteiger charge is -2.14. The van der Waals surface area contributed by atoms with Gasteiger partial charge in [-0.25, -0.2) is 0 Å². The van der Waals surface area contributed by atoms with Crippen molar-refractivity contribution in [3.05, 3.63) is 52.3 Å². The molecule has 21 heavy (non-hydrogen) atoms. The molecule has 0 bridgehead atoms. The Balaban J connectivity index is 2.20. The zero-order chi connectivity index (χ0) is 15.4. The monoisotopic (exact) mass is 285 g/mol. The molecule has 3 heteroatoms. The largest absolute Gasteiger partial charge is 0.310 e. The van der Waals surface area contributed by atoms with E-state index in [2.05, 4.69) is 68.0 Å². The summed E-state index contributed by atoms with van der Waals surface area (Å²) in [5.74, 6) is 0. The standard InChI is InChI=1S/C18H27N3/c1-6-18(19-7-2)16-10-20-21(11-16)12-17-14(4)8-13(3)9-15(17)5/h8-11,18-19H,6-7,12H2,1-5H3. The van der Waals surface area contributed by atoms with E-state index in [1.165, 1.54) is 27.8 Å². The predicted molar refractivity (Wildman–Crippen MR) is 88.7 cm³/mol. The van der Waals surface area contributed by atoms with Crippen LogP contribution in [0.2, 0.25) is 0 Å². The summed E-state index contributed by atoms with van der Waals surface area (Å²) >= 11 is 0. The fourth-order valence-electron chi connectivity index (χ4n) is 3.01. The highest BCUT2D eigenvalue weighted by molar-refractivity contribution is 5.37. The van der Waals surface area contributed by atoms with Gasteiger partial charge in [0.2, 0.25) is 0 Å². The van der Waals surface area contributed by atoms with Crippen molar-refractivity contribution in [3.8, 4) is 0 Å². The molecule has 2 rings (SSSR count). The number of benzene rings is 1. The van der Waals surface area contributed by atoms with Gasteiger partial charge in [0.1, 0.15) is 0 Å². The van der Waals surface area contributed by atoms with Crippen molar-refractivity contribution in [2.45, 2.75) is 53.6 Å². The summed E-state index contributed by atoms with van der Waals surface area (Å²) in [6, 6.07) is 4.91. The molecule has 3 nitrogen and oxygen atoms in total. The normalized spacial score (nSPS) is 12.6. The number of nitrogens with one attached hydrogen (secondary N) is 1. The zero-order valence-corrected chi connectivity index (χ0v) is 13.9. The van der Waals surface area contributed by atoms with Crippen molar-refractivity contribution in [1.29, 1.82) is 0 Å². The van der Waals surface area contributed by atoms with Crippen molar-refractivity contribution in [2.75, 3.05) is 6.54 Å². The van der Waals surface area contributed by atoms with E-state index in [1.54, 1.807) is 0 Å². The van der Waals surface area contributed by atoms with E-state index in [0.29, 0.717) is 6.04 Å². The molecule has 1 aromatic carbocycles. The minimum atomic E-state index is 0.406. The quantitative estimate of drug-likeness (QED) is 0.872. The summed E-state index contributed by atoms with van der Waals surface area (Å²) in [5.41, 5.74) is 6.69. The van der Waals surface area contributed by atoms with Crippen LogP contribution in [0.5, 0.6) is 0 Å². The smallest absolute Gasteiger partial charge is 0.0664 e. The Morgan fingerprint density at radius 1 is 1.14 bits per heavy atom. The average Bonchev–Trinajstić information content (AvgIpc) is 2.88. The molecule has 0 radical (unpaired) electrons. The third kappa shape index (κ3) is 3.73. The first-order valence-electron chi connectivity index (χ1n) is 7.87. The van der Waals surface area contributed by atoms with E-state index in [9.17, 15) is 0 Å². The molecule has 1 unspecified atom stereocenters. The van der Waals surface area contributed by atoms with E-state index in [-0.39, 0.29) is 0 Å². The van der Waals surface area contributed by atoms with E-state index >= 15 is 0 Å². The van der Waals surface area contributed by atoms with Crippen molar-refractivity contribution < 1.29 is 0 Å². The molecular formula is C18H27N3. The van der Waals surface area contributed by atoms with Crippen LogP contribution in [0.1, 0.15) is 54.1 Å². The minimum Gasteiger partial charge on any atom is -0.310 e. The lowest BCUT2D eigenvalue weighted by Crippen LogP contribution is -2.19. The Labute approximate surface area is 128 Å². The molecule has 0 aliphatic rings. The SMILES string of the molecule is CCNC(CC)c1cnn(Cc2c(C)cc(C)cc2C)c1. The molecule has 0 spiro atoms. The molecule has 1 aromatic heterocycles. The summed E-state index contributed by atoms with van der Waals surface area (Å²) < 4.78 is 2.06. The van der Waals surface area contributed by atoms with Gasteiger partial charge in [0, 0.05) is 17.8 Å². The first-order valence-corrected chi connectivity index (χ1v) is 7.87. The van der Waals surface area contributed by atoms with Crippen molar-refractivity contribution in [3.63, 3.8) is 0 Å². The van der Waals surface area contributed by atoms with Gasteiger partial charge in [0.15, 0.2) is 0 Å². The Morgan fingerprint density at radius 3 is 2.38 bits per heavy atom. The third-order valence-electron chi connectivity index (χ3n) is 4.07. The predicted octanol–water partition coefficient (Wildman–Crippen LogP) is 3.92. The van der Waals surface area contributed by atoms with Gasteiger partial charge in [-0.15, -0.1) is 0 Å². The van der Waals surface area contributed by atoms with Crippen LogP contribution in [0.3, 0.4) is 0 Å². The maximum absolute atomic E-state index is 4.54. The molecule has 1 heterocycles. The molecule has 0 aliphatic heterocycles. The van der Waals surface area contributed by atoms with Gasteiger partial charge in [-0.1, -0.05) is 31.5 Å². The topological polar surface area (TPSA) is 29.9 Å². The number of hydrogen-bond acceptors (Lipinski definition) is 2. The van der Waals surface area contributed by atoms with E-state index in [0.717, 1.165) is 19.5 Å². The maximum atomic E-state index is 4.54. The molecule has 0 saturated heterocycles. The highest BCUT2D eigenvalue weighted by Gasteiger charge is 2.11. The lowest BCUT2D eigenvalue weighted by atomic mass is 10.00. The fraction of sp³-hybridized carbons (Fsp3) is 0.500. The average molecular weight is 285 g/mol. The van der Waals surface area contributed by atoms with Crippen LogP contribution >= 0.6 is 0 Å². The molecule has 1 N–H and O–H groups in total. The summed E-state index contributed by atoms with van der Waals surface area (Å²) in [6.45, 7) is 12.7. The number of rotatable bonds is 6. The first-order chi connectivity index (χ1) is 10.0. The van der Waals surface area contributed by atoms with E-state index in [4.69, 9.17) is 0 Å². The summed E-state index contributed by atoms with van der Waals surface area (Å²) in [6.07, 6.45) is 5.26. The van der Waals surface area contributed by atoms with Crippen molar-refractivity contribution >= 4 is 0 Å². The van der Waals surface area contributed by atoms with Crippen LogP contribution in [0.4, 0.5) is 0 Å². The van der Waals surface area contributed by atoms with Gasteiger partial charge in [-0.3, -0.25) is 4.68 Å². The molecule has 0 amide bonds. The van der Waals surface area contributed by atoms with Gasteiger partial charge >= 0.3 is 0 Å². The molecule has 0 saturated carbocycles. The Bertz CT molecular complexity index is 575. The van der Waals surface area contributed by atoms with Crippen LogP contribution in [0.25, 0.3) is 0 Å². The number of hydrogen-bond donors (Lipinski definition) is 1. The van der Waals surface area contributed by atoms with Gasteiger partial charge in [0.05, 0.1) is 12.7 Å². The Kier molecular flexibility index (Phi) is 5.18. The van der Waals surface area contributed by atoms with Gasteiger partial charge in [-0.05, 0) is 50.4 Å². The molecule has 114 valence electrons. The van der Waals surface area contributed by atoms with Crippen LogP contribution in [-0.2, 0) is 6.54 Å². The van der Waals surface area contributed by atoms with E-state index < -0.39 is 0 Å². The van der Waals surface area contributed by atoms with Crippen LogP contribution in [0, 0.1) is 20.8 Å². The van der Waals surface area contributed by atoms with Gasteiger partial charge in [-0.2, -0.15) is 5.10 Å². The first kappa shape index (κ1) is 15.8. The highest BCUT2D eigenvalue weighted by atomic mass is 15.3. The minimum absolute atomic E-state index is 0.406. The number of aromatic nitrogens is 2. The second-order valence-corrected chi connectivity index (χ2v) is 5.87. The van der Waals surface area contributed by atoms with Gasteiger partial charge < -0.3 is 5.32 Å². The van der Waals surface area contributed by atoms with E-state index in [1.807, 2.05) is 6.20 Å².